The number of anilines is 2. The number of aliphatic hydroxyl groups excluding tert-OH is 1. The summed E-state index contributed by atoms with van der Waals surface area (Å²) in [5.41, 5.74) is 4.65. The minimum atomic E-state index is -1.32. The summed E-state index contributed by atoms with van der Waals surface area (Å²) < 4.78 is 22.7. The molecule has 7 N–H and O–H groups in total. The van der Waals surface area contributed by atoms with Gasteiger partial charge in [0.25, 0.3) is 11.8 Å². The molecular formula is C51H53N7O15. The number of carboxylic acid groups (broad SMARTS) is 1. The quantitative estimate of drug-likeness (QED) is 0.0374. The van der Waals surface area contributed by atoms with Crippen LogP contribution in [0.25, 0.3) is 0 Å². The zero-order valence-corrected chi connectivity index (χ0v) is 39.5. The Hall–Kier alpha value is -8.63. The van der Waals surface area contributed by atoms with Gasteiger partial charge in [0.1, 0.15) is 30.8 Å². The minimum Gasteiger partial charge on any atom is -0.489 e. The van der Waals surface area contributed by atoms with Gasteiger partial charge in [-0.05, 0) is 89.7 Å². The van der Waals surface area contributed by atoms with Gasteiger partial charge in [0.05, 0.1) is 11.8 Å². The predicted molar refractivity (Wildman–Crippen MR) is 257 cm³/mol. The van der Waals surface area contributed by atoms with Crippen LogP contribution in [0, 0.1) is 0 Å². The fourth-order valence-electron chi connectivity index (χ4n) is 8.02. The van der Waals surface area contributed by atoms with Crippen molar-refractivity contribution in [2.45, 2.75) is 96.4 Å². The lowest BCUT2D eigenvalue weighted by Gasteiger charge is -2.31. The molecule has 9 amide bonds. The van der Waals surface area contributed by atoms with E-state index in [1.54, 1.807) is 49.4 Å². The maximum Gasteiger partial charge on any atom is 0.407 e. The molecule has 2 fully saturated rings. The number of alkyl carbamates (subject to hydrolysis) is 1. The number of fused-ring (bicyclic) bond motifs is 1. The number of carboxylic acids is 1. The van der Waals surface area contributed by atoms with Gasteiger partial charge in [-0.2, -0.15) is 0 Å². The molecule has 4 atom stereocenters. The number of urea groups is 1. The minimum absolute atomic E-state index is 0.0505. The van der Waals surface area contributed by atoms with Crippen LogP contribution in [-0.2, 0) is 71.1 Å². The fraction of sp³-hybridized carbons (Fsp3) is 0.314. The Morgan fingerprint density at radius 3 is 2.32 bits per heavy atom. The van der Waals surface area contributed by atoms with E-state index >= 15 is 0 Å². The first-order chi connectivity index (χ1) is 35.1. The molecule has 0 aromatic heterocycles. The predicted octanol–water partition coefficient (Wildman–Crippen LogP) is 3.99. The highest BCUT2D eigenvalue weighted by molar-refractivity contribution is 6.05. The molecular weight excluding hydrogens is 951 g/mol. The summed E-state index contributed by atoms with van der Waals surface area (Å²) in [6, 6.07) is 22.7. The molecule has 382 valence electrons. The third-order valence-corrected chi connectivity index (χ3v) is 11.8. The van der Waals surface area contributed by atoms with Crippen molar-refractivity contribution in [3.63, 3.8) is 0 Å². The third-order valence-electron chi connectivity index (χ3n) is 11.8. The summed E-state index contributed by atoms with van der Waals surface area (Å²) >= 11 is 0. The first-order valence-electron chi connectivity index (χ1n) is 23.2. The van der Waals surface area contributed by atoms with Crippen molar-refractivity contribution in [3.05, 3.63) is 130 Å². The topological polar surface area (TPSA) is 298 Å². The van der Waals surface area contributed by atoms with Gasteiger partial charge in [-0.3, -0.25) is 39.0 Å². The Morgan fingerprint density at radius 1 is 0.863 bits per heavy atom. The lowest BCUT2D eigenvalue weighted by molar-refractivity contribution is -0.195. The molecule has 4 aromatic rings. The largest absolute Gasteiger partial charge is 0.489 e. The van der Waals surface area contributed by atoms with Crippen LogP contribution < -0.4 is 36.1 Å². The van der Waals surface area contributed by atoms with Crippen LogP contribution in [0.2, 0.25) is 0 Å². The van der Waals surface area contributed by atoms with Crippen molar-refractivity contribution in [2.75, 3.05) is 17.2 Å². The van der Waals surface area contributed by atoms with E-state index in [9.17, 15) is 53.4 Å². The molecule has 3 heterocycles. The van der Waals surface area contributed by atoms with Crippen molar-refractivity contribution in [1.29, 1.82) is 0 Å². The summed E-state index contributed by atoms with van der Waals surface area (Å²) in [4.78, 5) is 113. The van der Waals surface area contributed by atoms with E-state index in [1.807, 2.05) is 30.3 Å². The number of hydrogen-bond donors (Lipinski definition) is 7. The number of piperidine rings is 1. The van der Waals surface area contributed by atoms with Crippen molar-refractivity contribution in [3.8, 4) is 11.5 Å². The molecule has 2 saturated heterocycles. The number of carbonyl (C=O) groups is 9. The highest BCUT2D eigenvalue weighted by Crippen LogP contribution is 2.32. The van der Waals surface area contributed by atoms with Crippen LogP contribution in [-0.4, -0.2) is 105 Å². The van der Waals surface area contributed by atoms with E-state index in [2.05, 4.69) is 26.6 Å². The number of hydrogen-bond acceptors (Lipinski definition) is 14. The van der Waals surface area contributed by atoms with E-state index < -0.39 is 60.4 Å². The van der Waals surface area contributed by atoms with E-state index in [0.29, 0.717) is 29.0 Å². The number of nitrogens with zero attached hydrogens (tertiary/aromatic N) is 2. The number of allylic oxidation sites excluding steroid dienone is 1. The summed E-state index contributed by atoms with van der Waals surface area (Å²) in [6.45, 7) is 1.93. The molecule has 4 unspecified atom stereocenters. The molecule has 73 heavy (non-hydrogen) atoms. The van der Waals surface area contributed by atoms with E-state index in [1.165, 1.54) is 29.2 Å². The number of aliphatic carboxylic acids is 1. The Balaban J connectivity index is 0.837. The van der Waals surface area contributed by atoms with Gasteiger partial charge in [-0.25, -0.2) is 14.4 Å². The number of carbonyl (C=O) groups excluding carboxylic acids is 8. The zero-order chi connectivity index (χ0) is 52.0. The number of aliphatic hydroxyl groups is 1. The Morgan fingerprint density at radius 2 is 1.59 bits per heavy atom. The fourth-order valence-corrected chi connectivity index (χ4v) is 8.02. The van der Waals surface area contributed by atoms with Gasteiger partial charge in [-0.15, -0.1) is 0 Å². The highest BCUT2D eigenvalue weighted by Gasteiger charge is 2.39. The highest BCUT2D eigenvalue weighted by atomic mass is 16.7. The van der Waals surface area contributed by atoms with Gasteiger partial charge in [0, 0.05) is 63.1 Å². The van der Waals surface area contributed by atoms with Crippen molar-refractivity contribution >= 4 is 65.4 Å². The average molecular weight is 1000 g/mol. The first kappa shape index (κ1) is 52.2. The maximum atomic E-state index is 13.0. The molecule has 0 saturated carbocycles. The summed E-state index contributed by atoms with van der Waals surface area (Å²) in [7, 11) is 0. The van der Waals surface area contributed by atoms with E-state index in [0.717, 1.165) is 27.2 Å². The zero-order valence-electron chi connectivity index (χ0n) is 39.5. The van der Waals surface area contributed by atoms with Crippen molar-refractivity contribution in [2.24, 2.45) is 0 Å². The summed E-state index contributed by atoms with van der Waals surface area (Å²) in [5, 5.41) is 32.9. The van der Waals surface area contributed by atoms with Gasteiger partial charge >= 0.3 is 18.1 Å². The van der Waals surface area contributed by atoms with Crippen LogP contribution in [0.4, 0.5) is 21.0 Å². The van der Waals surface area contributed by atoms with Crippen LogP contribution in [0.5, 0.6) is 11.5 Å². The van der Waals surface area contributed by atoms with Gasteiger partial charge < -0.3 is 55.3 Å². The number of amides is 9. The molecule has 22 heteroatoms. The van der Waals surface area contributed by atoms with E-state index in [-0.39, 0.29) is 94.7 Å². The molecule has 0 bridgehead atoms. The molecule has 0 aliphatic carbocycles. The van der Waals surface area contributed by atoms with Crippen molar-refractivity contribution < 1.29 is 72.3 Å². The molecule has 22 nitrogen and oxygen atoms in total. The van der Waals surface area contributed by atoms with Crippen LogP contribution in [0.15, 0.2) is 97.1 Å². The lowest BCUT2D eigenvalue weighted by Crippen LogP contribution is -2.52. The third kappa shape index (κ3) is 14.5. The van der Waals surface area contributed by atoms with Gasteiger partial charge in [0.15, 0.2) is 6.10 Å². The molecule has 3 aliphatic rings. The average Bonchev–Trinajstić information content (AvgIpc) is 3.69. The molecule has 3 aliphatic heterocycles. The molecule has 4 aromatic carbocycles. The Bertz CT molecular complexity index is 2770. The van der Waals surface area contributed by atoms with Crippen LogP contribution in [0.3, 0.4) is 0 Å². The summed E-state index contributed by atoms with van der Waals surface area (Å²) in [5.74, 6) is -2.98. The summed E-state index contributed by atoms with van der Waals surface area (Å²) in [6.07, 6.45) is -1.33. The monoisotopic (exact) mass is 1000 g/mol. The molecule has 7 rings (SSSR count). The van der Waals surface area contributed by atoms with Gasteiger partial charge in [0.2, 0.25) is 30.4 Å². The second kappa shape index (κ2) is 24.5. The second-order valence-electron chi connectivity index (χ2n) is 17.2. The lowest BCUT2D eigenvalue weighted by atomic mass is 10.0. The molecule has 0 radical (unpaired) electrons. The number of rotatable bonds is 20. The van der Waals surface area contributed by atoms with Crippen molar-refractivity contribution in [1.82, 2.24) is 25.8 Å². The van der Waals surface area contributed by atoms with Gasteiger partial charge in [-0.1, -0.05) is 48.5 Å². The Kier molecular flexibility index (Phi) is 17.5. The SMILES string of the molecule is C/C=C\C(=O)N(C=O)CCC(=O)Nc1cc(COC(=O)NCc2ccc(COc3ccc(NC(=O)NCc4ccc5c(c4)CN(C4CCC(=O)NC4=O)C5=O)cc3)cc2)ccc1OC1CC(O)CC(C(=O)O)O1. The number of ether oxygens (including phenoxy) is 4. The number of imide groups is 2. The Labute approximate surface area is 418 Å². The number of benzene rings is 4. The standard InChI is InChI=1S/C51H53N7O15/c1-2-3-45(63)57(29-59)19-18-44(62)55-39-21-33(9-16-41(39)72-46-23-36(60)22-42(73-46)49(66)67)28-71-51(69)53-24-30-4-6-31(7-5-30)27-70-37-12-10-35(11-13-37)54-50(68)52-25-32-8-14-38-34(20-32)26-58(48(38)65)40-15-17-43(61)56-47(40)64/h2-14,16,20-21,29,36,40,42,46,60H,15,17-19,22-28H2,1H3,(H,53,69)(H,55,62)(H,66,67)(H2,52,54,68)(H,56,61,64)/b3-2-. The van der Waals surface area contributed by atoms with Crippen LogP contribution >= 0.6 is 0 Å². The normalized spacial score (nSPS) is 18.2. The maximum absolute atomic E-state index is 13.0. The first-order valence-corrected chi connectivity index (χ1v) is 23.2. The van der Waals surface area contributed by atoms with Crippen LogP contribution in [0.1, 0.15) is 77.2 Å². The second-order valence-corrected chi connectivity index (χ2v) is 17.2. The molecule has 0 spiro atoms. The smallest absolute Gasteiger partial charge is 0.407 e. The number of nitrogens with one attached hydrogen (secondary N) is 5. The van der Waals surface area contributed by atoms with E-state index in [4.69, 9.17) is 18.9 Å².